The Labute approximate surface area is 117 Å². The van der Waals surface area contributed by atoms with Crippen molar-refractivity contribution in [2.45, 2.75) is 19.5 Å². The van der Waals surface area contributed by atoms with Gasteiger partial charge in [-0.05, 0) is 26.1 Å². The summed E-state index contributed by atoms with van der Waals surface area (Å²) in [5.41, 5.74) is 1.55. The first kappa shape index (κ1) is 14.1. The molecule has 4 nitrogen and oxygen atoms in total. The fourth-order valence-corrected chi connectivity index (χ4v) is 2.38. The van der Waals surface area contributed by atoms with Gasteiger partial charge in [0.05, 0.1) is 18.2 Å². The lowest BCUT2D eigenvalue weighted by atomic mass is 10.0. The predicted molar refractivity (Wildman–Crippen MR) is 76.9 cm³/mol. The van der Waals surface area contributed by atoms with Crippen molar-refractivity contribution >= 4 is 28.3 Å². The minimum absolute atomic E-state index is 0.107. The minimum atomic E-state index is -0.577. The first-order valence-corrected chi connectivity index (χ1v) is 6.60. The molecule has 0 saturated heterocycles. The minimum Gasteiger partial charge on any atom is -0.394 e. The second-order valence-electron chi connectivity index (χ2n) is 4.38. The second kappa shape index (κ2) is 5.74. The molecule has 5 heteroatoms. The molecule has 1 atom stereocenters. The second-order valence-corrected chi connectivity index (χ2v) is 4.81. The molecule has 1 aromatic heterocycles. The number of Topliss-reactive ketones (excluding diaryl/α,β-unsaturated/α-hetero) is 1. The topological polar surface area (TPSA) is 54.3 Å². The summed E-state index contributed by atoms with van der Waals surface area (Å²) in [7, 11) is 1.66. The molecule has 0 spiro atoms. The number of ketones is 1. The van der Waals surface area contributed by atoms with Crippen LogP contribution in [0.3, 0.4) is 0 Å². The number of likely N-dealkylation sites (N-methyl/N-ethyl adjacent to an activating group) is 1. The number of aromatic nitrogens is 1. The van der Waals surface area contributed by atoms with Crippen molar-refractivity contribution in [2.75, 3.05) is 13.7 Å². The normalized spacial score (nSPS) is 12.8. The molecule has 0 aliphatic heterocycles. The summed E-state index contributed by atoms with van der Waals surface area (Å²) in [5.74, 6) is -0.107. The zero-order valence-corrected chi connectivity index (χ0v) is 11.7. The summed E-state index contributed by atoms with van der Waals surface area (Å²) in [6.45, 7) is 2.55. The fraction of sp³-hybridized carbons (Fsp3) is 0.357. The Morgan fingerprint density at radius 2 is 2.26 bits per heavy atom. The highest BCUT2D eigenvalue weighted by molar-refractivity contribution is 6.31. The van der Waals surface area contributed by atoms with Crippen LogP contribution in [0.1, 0.15) is 17.3 Å². The van der Waals surface area contributed by atoms with Gasteiger partial charge < -0.3 is 15.0 Å². The van der Waals surface area contributed by atoms with Crippen molar-refractivity contribution in [1.82, 2.24) is 9.88 Å². The van der Waals surface area contributed by atoms with E-state index in [0.29, 0.717) is 10.6 Å². The Bertz CT molecular complexity index is 603. The molecule has 102 valence electrons. The van der Waals surface area contributed by atoms with Crippen LogP contribution in [-0.2, 0) is 6.54 Å². The van der Waals surface area contributed by atoms with Gasteiger partial charge in [-0.2, -0.15) is 0 Å². The number of nitrogens with one attached hydrogen (secondary N) is 1. The molecule has 1 unspecified atom stereocenters. The van der Waals surface area contributed by atoms with Crippen LogP contribution in [-0.4, -0.2) is 35.2 Å². The summed E-state index contributed by atoms with van der Waals surface area (Å²) in [5, 5.41) is 13.6. The van der Waals surface area contributed by atoms with Gasteiger partial charge in [-0.1, -0.05) is 17.7 Å². The Kier molecular flexibility index (Phi) is 4.24. The monoisotopic (exact) mass is 280 g/mol. The lowest BCUT2D eigenvalue weighted by Gasteiger charge is -2.10. The number of aliphatic hydroxyl groups excluding tert-OH is 1. The van der Waals surface area contributed by atoms with E-state index in [0.717, 1.165) is 17.4 Å². The summed E-state index contributed by atoms with van der Waals surface area (Å²) in [4.78, 5) is 12.4. The molecule has 2 N–H and O–H groups in total. The lowest BCUT2D eigenvalue weighted by Crippen LogP contribution is -2.37. The maximum Gasteiger partial charge on any atom is 0.184 e. The van der Waals surface area contributed by atoms with E-state index < -0.39 is 6.04 Å². The molecule has 0 amide bonds. The highest BCUT2D eigenvalue weighted by atomic mass is 35.5. The number of carbonyl (C=O) groups excluding carboxylic acids is 1. The average Bonchev–Trinajstić information content (AvgIpc) is 2.77. The maximum atomic E-state index is 12.4. The number of benzene rings is 1. The summed E-state index contributed by atoms with van der Waals surface area (Å²) >= 11 is 6.00. The van der Waals surface area contributed by atoms with Gasteiger partial charge in [0.25, 0.3) is 0 Å². The van der Waals surface area contributed by atoms with Gasteiger partial charge in [0.1, 0.15) is 0 Å². The van der Waals surface area contributed by atoms with E-state index in [4.69, 9.17) is 11.6 Å². The molecule has 1 heterocycles. The first-order valence-electron chi connectivity index (χ1n) is 6.23. The molecule has 19 heavy (non-hydrogen) atoms. The van der Waals surface area contributed by atoms with Crippen LogP contribution in [0.4, 0.5) is 0 Å². The number of aliphatic hydroxyl groups is 1. The maximum absolute atomic E-state index is 12.4. The van der Waals surface area contributed by atoms with Gasteiger partial charge in [0.2, 0.25) is 0 Å². The molecule has 0 bridgehead atoms. The van der Waals surface area contributed by atoms with Crippen molar-refractivity contribution in [3.63, 3.8) is 0 Å². The molecule has 0 aliphatic carbocycles. The number of fused-ring (bicyclic) bond motifs is 1. The van der Waals surface area contributed by atoms with Crippen LogP contribution < -0.4 is 5.32 Å². The van der Waals surface area contributed by atoms with Crippen LogP contribution in [0.15, 0.2) is 24.4 Å². The van der Waals surface area contributed by atoms with E-state index in [9.17, 15) is 9.90 Å². The van der Waals surface area contributed by atoms with E-state index in [2.05, 4.69) is 5.32 Å². The van der Waals surface area contributed by atoms with Gasteiger partial charge in [0.15, 0.2) is 5.78 Å². The molecule has 0 fully saturated rings. The lowest BCUT2D eigenvalue weighted by molar-refractivity contribution is 0.0906. The van der Waals surface area contributed by atoms with Gasteiger partial charge in [0, 0.05) is 28.7 Å². The Morgan fingerprint density at radius 3 is 2.84 bits per heavy atom. The van der Waals surface area contributed by atoms with E-state index in [1.165, 1.54) is 0 Å². The number of nitrogens with zero attached hydrogens (tertiary/aromatic N) is 1. The van der Waals surface area contributed by atoms with Crippen molar-refractivity contribution in [2.24, 2.45) is 0 Å². The number of carbonyl (C=O) groups is 1. The van der Waals surface area contributed by atoms with Crippen LogP contribution in [0, 0.1) is 0 Å². The van der Waals surface area contributed by atoms with Gasteiger partial charge >= 0.3 is 0 Å². The smallest absolute Gasteiger partial charge is 0.184 e. The van der Waals surface area contributed by atoms with Crippen LogP contribution in [0.2, 0.25) is 5.02 Å². The third kappa shape index (κ3) is 2.52. The van der Waals surface area contributed by atoms with Crippen LogP contribution in [0.5, 0.6) is 0 Å². The third-order valence-electron chi connectivity index (χ3n) is 3.30. The Balaban J connectivity index is 2.58. The van der Waals surface area contributed by atoms with E-state index in [1.807, 2.05) is 29.8 Å². The molecule has 2 rings (SSSR count). The van der Waals surface area contributed by atoms with Crippen molar-refractivity contribution in [3.8, 4) is 0 Å². The summed E-state index contributed by atoms with van der Waals surface area (Å²) in [6.07, 6.45) is 1.82. The Hall–Kier alpha value is -1.36. The Morgan fingerprint density at radius 1 is 1.53 bits per heavy atom. The first-order chi connectivity index (χ1) is 9.12. The van der Waals surface area contributed by atoms with E-state index >= 15 is 0 Å². The molecule has 0 radical (unpaired) electrons. The number of hydrogen-bond donors (Lipinski definition) is 2. The zero-order chi connectivity index (χ0) is 14.0. The van der Waals surface area contributed by atoms with Gasteiger partial charge in [-0.25, -0.2) is 0 Å². The standard InChI is InChI=1S/C14H17ClN2O2/c1-3-17-7-11(14(19)12(8-18)16-2)10-5-4-9(15)6-13(10)17/h4-7,12,16,18H,3,8H2,1-2H3. The van der Waals surface area contributed by atoms with Crippen LogP contribution in [0.25, 0.3) is 10.9 Å². The van der Waals surface area contributed by atoms with E-state index in [1.54, 1.807) is 13.1 Å². The van der Waals surface area contributed by atoms with Crippen LogP contribution >= 0.6 is 11.6 Å². The van der Waals surface area contributed by atoms with Crippen molar-refractivity contribution in [3.05, 3.63) is 35.0 Å². The van der Waals surface area contributed by atoms with E-state index in [-0.39, 0.29) is 12.4 Å². The highest BCUT2D eigenvalue weighted by Crippen LogP contribution is 2.25. The average molecular weight is 281 g/mol. The number of rotatable bonds is 5. The van der Waals surface area contributed by atoms with Gasteiger partial charge in [-0.3, -0.25) is 4.79 Å². The summed E-state index contributed by atoms with van der Waals surface area (Å²) < 4.78 is 1.98. The molecule has 0 saturated carbocycles. The molecule has 0 aliphatic rings. The predicted octanol–water partition coefficient (Wildman–Crippen LogP) is 2.08. The molecule has 1 aromatic carbocycles. The van der Waals surface area contributed by atoms with Gasteiger partial charge in [-0.15, -0.1) is 0 Å². The third-order valence-corrected chi connectivity index (χ3v) is 3.53. The quantitative estimate of drug-likeness (QED) is 0.825. The molecule has 2 aromatic rings. The number of hydrogen-bond acceptors (Lipinski definition) is 3. The van der Waals surface area contributed by atoms with Crippen molar-refractivity contribution in [1.29, 1.82) is 0 Å². The molecular formula is C14H17ClN2O2. The zero-order valence-electron chi connectivity index (χ0n) is 11.0. The highest BCUT2D eigenvalue weighted by Gasteiger charge is 2.21. The number of halogens is 1. The SMILES string of the molecule is CCn1cc(C(=O)C(CO)NC)c2ccc(Cl)cc21. The summed E-state index contributed by atoms with van der Waals surface area (Å²) in [6, 6.07) is 4.89. The van der Waals surface area contributed by atoms with Crippen molar-refractivity contribution < 1.29 is 9.90 Å². The fourth-order valence-electron chi connectivity index (χ4n) is 2.22. The number of aryl methyl sites for hydroxylation is 1. The molecular weight excluding hydrogens is 264 g/mol. The largest absolute Gasteiger partial charge is 0.394 e.